The van der Waals surface area contributed by atoms with Crippen molar-refractivity contribution in [3.63, 3.8) is 0 Å². The summed E-state index contributed by atoms with van der Waals surface area (Å²) < 4.78 is 5.38. The van der Waals surface area contributed by atoms with Gasteiger partial charge in [-0.25, -0.2) is 0 Å². The number of ether oxygens (including phenoxy) is 1. The third kappa shape index (κ3) is 3.55. The van der Waals surface area contributed by atoms with E-state index in [2.05, 4.69) is 31.2 Å². The van der Waals surface area contributed by atoms with Gasteiger partial charge in [0.15, 0.2) is 0 Å². The van der Waals surface area contributed by atoms with Crippen molar-refractivity contribution in [2.45, 2.75) is 32.1 Å². The summed E-state index contributed by atoms with van der Waals surface area (Å²) >= 11 is 0. The molecule has 2 nitrogen and oxygen atoms in total. The Morgan fingerprint density at radius 2 is 2.12 bits per heavy atom. The molecule has 0 aromatic heterocycles. The first-order chi connectivity index (χ1) is 8.29. The molecular formula is C15H22O2. The van der Waals surface area contributed by atoms with Crippen LogP contribution in [-0.4, -0.2) is 24.9 Å². The van der Waals surface area contributed by atoms with E-state index in [1.807, 2.05) is 0 Å². The lowest BCUT2D eigenvalue weighted by Gasteiger charge is -2.26. The number of aryl methyl sites for hydroxylation is 1. The molecule has 94 valence electrons. The van der Waals surface area contributed by atoms with Gasteiger partial charge < -0.3 is 9.84 Å². The maximum atomic E-state index is 9.57. The van der Waals surface area contributed by atoms with Crippen molar-refractivity contribution in [1.82, 2.24) is 0 Å². The van der Waals surface area contributed by atoms with Crippen LogP contribution in [0.15, 0.2) is 24.3 Å². The second-order valence-corrected chi connectivity index (χ2v) is 5.09. The molecule has 1 atom stereocenters. The Labute approximate surface area is 104 Å². The Morgan fingerprint density at radius 1 is 1.35 bits per heavy atom. The van der Waals surface area contributed by atoms with E-state index in [1.165, 1.54) is 11.1 Å². The summed E-state index contributed by atoms with van der Waals surface area (Å²) in [7, 11) is 0. The molecule has 1 N–H and O–H groups in total. The first kappa shape index (κ1) is 12.6. The summed E-state index contributed by atoms with van der Waals surface area (Å²) in [5.41, 5.74) is 2.55. The van der Waals surface area contributed by atoms with Gasteiger partial charge in [-0.3, -0.25) is 0 Å². The van der Waals surface area contributed by atoms with Gasteiger partial charge in [-0.05, 0) is 37.7 Å². The van der Waals surface area contributed by atoms with E-state index in [9.17, 15) is 5.11 Å². The summed E-state index contributed by atoms with van der Waals surface area (Å²) in [6.07, 6.45) is 3.37. The average Bonchev–Trinajstić information content (AvgIpc) is 2.37. The SMILES string of the molecule is Cc1cccc(C(CO)CC2CCOCC2)c1. The van der Waals surface area contributed by atoms with E-state index in [-0.39, 0.29) is 12.5 Å². The van der Waals surface area contributed by atoms with Gasteiger partial charge in [0.1, 0.15) is 0 Å². The molecule has 1 fully saturated rings. The molecule has 2 rings (SSSR count). The maximum absolute atomic E-state index is 9.57. The zero-order valence-electron chi connectivity index (χ0n) is 10.6. The maximum Gasteiger partial charge on any atom is 0.0499 e. The molecule has 1 aromatic rings. The highest BCUT2D eigenvalue weighted by molar-refractivity contribution is 5.25. The van der Waals surface area contributed by atoms with Crippen LogP contribution in [0.3, 0.4) is 0 Å². The minimum atomic E-state index is 0.251. The van der Waals surface area contributed by atoms with Crippen LogP contribution in [0.5, 0.6) is 0 Å². The van der Waals surface area contributed by atoms with E-state index in [0.717, 1.165) is 32.5 Å². The van der Waals surface area contributed by atoms with Gasteiger partial charge in [0.05, 0.1) is 0 Å². The average molecular weight is 234 g/mol. The van der Waals surface area contributed by atoms with E-state index in [4.69, 9.17) is 4.74 Å². The monoisotopic (exact) mass is 234 g/mol. The largest absolute Gasteiger partial charge is 0.396 e. The van der Waals surface area contributed by atoms with Crippen LogP contribution in [0.1, 0.15) is 36.3 Å². The molecule has 1 heterocycles. The lowest BCUT2D eigenvalue weighted by atomic mass is 9.85. The van der Waals surface area contributed by atoms with Gasteiger partial charge >= 0.3 is 0 Å². The van der Waals surface area contributed by atoms with Crippen LogP contribution < -0.4 is 0 Å². The van der Waals surface area contributed by atoms with Gasteiger partial charge in [-0.1, -0.05) is 29.8 Å². The zero-order chi connectivity index (χ0) is 12.1. The van der Waals surface area contributed by atoms with Crippen molar-refractivity contribution >= 4 is 0 Å². The van der Waals surface area contributed by atoms with Crippen molar-refractivity contribution in [3.8, 4) is 0 Å². The molecule has 1 saturated heterocycles. The summed E-state index contributed by atoms with van der Waals surface area (Å²) in [4.78, 5) is 0. The fourth-order valence-electron chi connectivity index (χ4n) is 2.62. The fourth-order valence-corrected chi connectivity index (χ4v) is 2.62. The van der Waals surface area contributed by atoms with Crippen LogP contribution in [0.4, 0.5) is 0 Å². The van der Waals surface area contributed by atoms with E-state index < -0.39 is 0 Å². The summed E-state index contributed by atoms with van der Waals surface area (Å²) in [5, 5.41) is 9.57. The molecule has 1 unspecified atom stereocenters. The third-order valence-electron chi connectivity index (χ3n) is 3.69. The normalized spacial score (nSPS) is 19.2. The fraction of sp³-hybridized carbons (Fsp3) is 0.600. The predicted octanol–water partition coefficient (Wildman–Crippen LogP) is 2.89. The second kappa shape index (κ2) is 6.18. The van der Waals surface area contributed by atoms with Crippen molar-refractivity contribution in [2.24, 2.45) is 5.92 Å². The van der Waals surface area contributed by atoms with Crippen LogP contribution in [-0.2, 0) is 4.74 Å². The van der Waals surface area contributed by atoms with Gasteiger partial charge in [-0.15, -0.1) is 0 Å². The minimum Gasteiger partial charge on any atom is -0.396 e. The molecule has 0 amide bonds. The highest BCUT2D eigenvalue weighted by atomic mass is 16.5. The number of benzene rings is 1. The molecule has 2 heteroatoms. The number of rotatable bonds is 4. The predicted molar refractivity (Wildman–Crippen MR) is 69.2 cm³/mol. The summed E-state index contributed by atoms with van der Waals surface area (Å²) in [6, 6.07) is 8.51. The highest BCUT2D eigenvalue weighted by Gasteiger charge is 2.20. The van der Waals surface area contributed by atoms with E-state index in [1.54, 1.807) is 0 Å². The van der Waals surface area contributed by atoms with Gasteiger partial charge in [0.25, 0.3) is 0 Å². The molecule has 0 saturated carbocycles. The molecule has 1 aliphatic heterocycles. The van der Waals surface area contributed by atoms with E-state index >= 15 is 0 Å². The van der Waals surface area contributed by atoms with Crippen molar-refractivity contribution in [1.29, 1.82) is 0 Å². The molecule has 1 aliphatic rings. The topological polar surface area (TPSA) is 29.5 Å². The molecule has 0 spiro atoms. The van der Waals surface area contributed by atoms with Gasteiger partial charge in [-0.2, -0.15) is 0 Å². The molecule has 0 radical (unpaired) electrons. The molecule has 1 aromatic carbocycles. The van der Waals surface area contributed by atoms with Gasteiger partial charge in [0, 0.05) is 25.7 Å². The van der Waals surface area contributed by atoms with Crippen LogP contribution in [0, 0.1) is 12.8 Å². The van der Waals surface area contributed by atoms with Crippen LogP contribution in [0.2, 0.25) is 0 Å². The summed E-state index contributed by atoms with van der Waals surface area (Å²) in [6.45, 7) is 4.13. The molecular weight excluding hydrogens is 212 g/mol. The minimum absolute atomic E-state index is 0.251. The third-order valence-corrected chi connectivity index (χ3v) is 3.69. The Kier molecular flexibility index (Phi) is 4.57. The second-order valence-electron chi connectivity index (χ2n) is 5.09. The van der Waals surface area contributed by atoms with Crippen molar-refractivity contribution in [2.75, 3.05) is 19.8 Å². The first-order valence-corrected chi connectivity index (χ1v) is 6.54. The van der Waals surface area contributed by atoms with E-state index in [0.29, 0.717) is 5.92 Å². The zero-order valence-corrected chi connectivity index (χ0v) is 10.6. The van der Waals surface area contributed by atoms with Crippen molar-refractivity contribution < 1.29 is 9.84 Å². The van der Waals surface area contributed by atoms with Crippen LogP contribution >= 0.6 is 0 Å². The first-order valence-electron chi connectivity index (χ1n) is 6.54. The Balaban J connectivity index is 2.00. The number of hydrogen-bond donors (Lipinski definition) is 1. The number of aliphatic hydroxyl groups excluding tert-OH is 1. The van der Waals surface area contributed by atoms with Crippen LogP contribution in [0.25, 0.3) is 0 Å². The number of hydrogen-bond acceptors (Lipinski definition) is 2. The lowest BCUT2D eigenvalue weighted by molar-refractivity contribution is 0.0591. The quantitative estimate of drug-likeness (QED) is 0.868. The van der Waals surface area contributed by atoms with Gasteiger partial charge in [0.2, 0.25) is 0 Å². The standard InChI is InChI=1S/C15H22O2/c1-12-3-2-4-14(9-12)15(11-16)10-13-5-7-17-8-6-13/h2-4,9,13,15-16H,5-8,10-11H2,1H3. The Morgan fingerprint density at radius 3 is 2.76 bits per heavy atom. The van der Waals surface area contributed by atoms with Crippen molar-refractivity contribution in [3.05, 3.63) is 35.4 Å². The Hall–Kier alpha value is -0.860. The molecule has 0 aliphatic carbocycles. The molecule has 0 bridgehead atoms. The highest BCUT2D eigenvalue weighted by Crippen LogP contribution is 2.29. The smallest absolute Gasteiger partial charge is 0.0499 e. The molecule has 17 heavy (non-hydrogen) atoms. The summed E-state index contributed by atoms with van der Waals surface area (Å²) in [5.74, 6) is 0.999. The number of aliphatic hydroxyl groups is 1. The lowest BCUT2D eigenvalue weighted by Crippen LogP contribution is -2.19. The Bertz CT molecular complexity index is 343.